The number of urea groups is 1. The minimum atomic E-state index is -0.728. The molecule has 0 spiro atoms. The van der Waals surface area contributed by atoms with Crippen LogP contribution in [0.3, 0.4) is 0 Å². The van der Waals surface area contributed by atoms with Crippen LogP contribution in [-0.2, 0) is 14.4 Å². The van der Waals surface area contributed by atoms with Gasteiger partial charge in [0.2, 0.25) is 11.8 Å². The van der Waals surface area contributed by atoms with Crippen molar-refractivity contribution >= 4 is 47.0 Å². The minimum Gasteiger partial charge on any atom is -0.354 e. The SMILES string of the molecule is CCN1C(=O)N[C@H](c2ccc(Cl)cc2Cl)C2=C1CN(CC(=O)NCCCN1CCCC1=O)C2=O. The molecular formula is C23H27Cl2N5O4. The van der Waals surface area contributed by atoms with Crippen molar-refractivity contribution < 1.29 is 19.2 Å². The molecule has 1 aromatic rings. The Morgan fingerprint density at radius 1 is 1.21 bits per heavy atom. The van der Waals surface area contributed by atoms with Crippen LogP contribution in [0.1, 0.15) is 37.8 Å². The van der Waals surface area contributed by atoms with Crippen LogP contribution >= 0.6 is 23.2 Å². The van der Waals surface area contributed by atoms with Crippen molar-refractivity contribution in [1.82, 2.24) is 25.3 Å². The molecule has 3 aliphatic heterocycles. The van der Waals surface area contributed by atoms with Crippen LogP contribution in [0.5, 0.6) is 0 Å². The molecule has 5 amide bonds. The van der Waals surface area contributed by atoms with Gasteiger partial charge in [0.25, 0.3) is 5.91 Å². The van der Waals surface area contributed by atoms with Crippen molar-refractivity contribution in [3.8, 4) is 0 Å². The Balaban J connectivity index is 1.42. The monoisotopic (exact) mass is 507 g/mol. The first-order valence-electron chi connectivity index (χ1n) is 11.4. The fraction of sp³-hybridized carbons (Fsp3) is 0.478. The Hall–Kier alpha value is -2.78. The van der Waals surface area contributed by atoms with E-state index in [2.05, 4.69) is 10.6 Å². The number of halogens is 2. The van der Waals surface area contributed by atoms with Gasteiger partial charge < -0.3 is 20.4 Å². The number of nitrogens with one attached hydrogen (secondary N) is 2. The summed E-state index contributed by atoms with van der Waals surface area (Å²) in [5.41, 5.74) is 1.55. The van der Waals surface area contributed by atoms with E-state index in [-0.39, 0.29) is 36.8 Å². The molecule has 34 heavy (non-hydrogen) atoms. The highest BCUT2D eigenvalue weighted by molar-refractivity contribution is 6.35. The number of carbonyl (C=O) groups is 4. The number of nitrogens with zero attached hydrogens (tertiary/aromatic N) is 3. The minimum absolute atomic E-state index is 0.124. The van der Waals surface area contributed by atoms with Gasteiger partial charge in [-0.2, -0.15) is 0 Å². The zero-order valence-corrected chi connectivity index (χ0v) is 20.4. The number of amides is 5. The molecular weight excluding hydrogens is 481 g/mol. The highest BCUT2D eigenvalue weighted by Crippen LogP contribution is 2.39. The summed E-state index contributed by atoms with van der Waals surface area (Å²) in [6, 6.07) is 3.86. The number of likely N-dealkylation sites (tertiary alicyclic amines) is 1. The summed E-state index contributed by atoms with van der Waals surface area (Å²) in [6.07, 6.45) is 2.13. The maximum absolute atomic E-state index is 13.3. The molecule has 3 heterocycles. The van der Waals surface area contributed by atoms with E-state index in [1.807, 2.05) is 6.92 Å². The molecule has 0 aliphatic carbocycles. The quantitative estimate of drug-likeness (QED) is 0.527. The van der Waals surface area contributed by atoms with Gasteiger partial charge >= 0.3 is 6.03 Å². The lowest BCUT2D eigenvalue weighted by Crippen LogP contribution is -2.47. The standard InChI is InChI=1S/C23H27Cl2N5O4/c1-2-30-17-12-29(13-18(31)26-8-4-10-28-9-3-5-19(28)32)22(33)20(17)21(27-23(30)34)15-7-6-14(24)11-16(15)25/h6-7,11,21H,2-5,8-10,12-13H2,1H3,(H,26,31)(H,27,34)/t21-/m1/s1. The molecule has 0 unspecified atom stereocenters. The van der Waals surface area contributed by atoms with Crippen LogP contribution in [0.2, 0.25) is 10.0 Å². The first-order chi connectivity index (χ1) is 16.3. The van der Waals surface area contributed by atoms with Gasteiger partial charge in [-0.05, 0) is 37.5 Å². The summed E-state index contributed by atoms with van der Waals surface area (Å²) >= 11 is 12.4. The molecule has 1 saturated heterocycles. The highest BCUT2D eigenvalue weighted by atomic mass is 35.5. The third-order valence-electron chi connectivity index (χ3n) is 6.32. The van der Waals surface area contributed by atoms with Crippen LogP contribution in [0.15, 0.2) is 29.5 Å². The summed E-state index contributed by atoms with van der Waals surface area (Å²) in [5.74, 6) is -0.448. The van der Waals surface area contributed by atoms with Crippen LogP contribution in [0, 0.1) is 0 Å². The zero-order valence-electron chi connectivity index (χ0n) is 18.9. The Bertz CT molecular complexity index is 1060. The van der Waals surface area contributed by atoms with Crippen molar-refractivity contribution in [3.05, 3.63) is 45.1 Å². The van der Waals surface area contributed by atoms with Crippen molar-refractivity contribution in [2.24, 2.45) is 0 Å². The molecule has 2 N–H and O–H groups in total. The van der Waals surface area contributed by atoms with Gasteiger partial charge in [0, 0.05) is 42.6 Å². The molecule has 1 fully saturated rings. The third-order valence-corrected chi connectivity index (χ3v) is 6.88. The first-order valence-corrected chi connectivity index (χ1v) is 12.2. The fourth-order valence-corrected chi connectivity index (χ4v) is 5.16. The van der Waals surface area contributed by atoms with Gasteiger partial charge in [-0.3, -0.25) is 19.3 Å². The Morgan fingerprint density at radius 3 is 2.68 bits per heavy atom. The summed E-state index contributed by atoms with van der Waals surface area (Å²) in [6.45, 7) is 4.04. The van der Waals surface area contributed by atoms with Gasteiger partial charge in [0.1, 0.15) is 6.54 Å². The predicted molar refractivity (Wildman–Crippen MR) is 127 cm³/mol. The second kappa shape index (κ2) is 10.2. The number of likely N-dealkylation sites (N-methyl/N-ethyl adjacent to an activating group) is 1. The normalized spacial score (nSPS) is 20.3. The molecule has 182 valence electrons. The second-order valence-corrected chi connectivity index (χ2v) is 9.35. The van der Waals surface area contributed by atoms with Crippen molar-refractivity contribution in [3.63, 3.8) is 0 Å². The van der Waals surface area contributed by atoms with Crippen molar-refractivity contribution in [2.45, 2.75) is 32.2 Å². The van der Waals surface area contributed by atoms with Crippen LogP contribution in [0.4, 0.5) is 4.79 Å². The molecule has 0 aromatic heterocycles. The van der Waals surface area contributed by atoms with Gasteiger partial charge in [-0.15, -0.1) is 0 Å². The number of hydrogen-bond donors (Lipinski definition) is 2. The van der Waals surface area contributed by atoms with Crippen LogP contribution < -0.4 is 10.6 Å². The van der Waals surface area contributed by atoms with Crippen molar-refractivity contribution in [2.75, 3.05) is 39.3 Å². The molecule has 4 rings (SSSR count). The maximum Gasteiger partial charge on any atom is 0.322 e. The van der Waals surface area contributed by atoms with E-state index in [1.165, 1.54) is 9.80 Å². The van der Waals surface area contributed by atoms with Gasteiger partial charge in [0.15, 0.2) is 0 Å². The molecule has 1 atom stereocenters. The molecule has 0 bridgehead atoms. The van der Waals surface area contributed by atoms with E-state index in [4.69, 9.17) is 23.2 Å². The van der Waals surface area contributed by atoms with Gasteiger partial charge in [0.05, 0.1) is 23.9 Å². The number of rotatable bonds is 8. The van der Waals surface area contributed by atoms with E-state index in [1.54, 1.807) is 23.1 Å². The Kier molecular flexibility index (Phi) is 7.33. The topological polar surface area (TPSA) is 102 Å². The van der Waals surface area contributed by atoms with Crippen molar-refractivity contribution in [1.29, 1.82) is 0 Å². The van der Waals surface area contributed by atoms with E-state index in [9.17, 15) is 19.2 Å². The highest BCUT2D eigenvalue weighted by Gasteiger charge is 2.44. The average molecular weight is 508 g/mol. The fourth-order valence-electron chi connectivity index (χ4n) is 4.65. The molecule has 9 nitrogen and oxygen atoms in total. The second-order valence-electron chi connectivity index (χ2n) is 8.50. The number of carbonyl (C=O) groups excluding carboxylic acids is 4. The predicted octanol–water partition coefficient (Wildman–Crippen LogP) is 2.30. The van der Waals surface area contributed by atoms with E-state index < -0.39 is 6.04 Å². The number of benzene rings is 1. The third kappa shape index (κ3) is 4.86. The summed E-state index contributed by atoms with van der Waals surface area (Å²) < 4.78 is 0. The largest absolute Gasteiger partial charge is 0.354 e. The lowest BCUT2D eigenvalue weighted by molar-refractivity contribution is -0.132. The molecule has 3 aliphatic rings. The molecule has 0 saturated carbocycles. The van der Waals surface area contributed by atoms with E-state index >= 15 is 0 Å². The maximum atomic E-state index is 13.3. The molecule has 1 aromatic carbocycles. The Morgan fingerprint density at radius 2 is 2.00 bits per heavy atom. The summed E-state index contributed by atoms with van der Waals surface area (Å²) in [5, 5.41) is 6.48. The summed E-state index contributed by atoms with van der Waals surface area (Å²) in [4.78, 5) is 55.0. The van der Waals surface area contributed by atoms with Crippen LogP contribution in [-0.4, -0.2) is 77.7 Å². The average Bonchev–Trinajstić information content (AvgIpc) is 3.34. The van der Waals surface area contributed by atoms with E-state index in [0.29, 0.717) is 59.4 Å². The summed E-state index contributed by atoms with van der Waals surface area (Å²) in [7, 11) is 0. The smallest absolute Gasteiger partial charge is 0.322 e. The first kappa shape index (κ1) is 24.3. The lowest BCUT2D eigenvalue weighted by atomic mass is 9.95. The van der Waals surface area contributed by atoms with E-state index in [0.717, 1.165) is 13.0 Å². The lowest BCUT2D eigenvalue weighted by Gasteiger charge is -2.33. The molecule has 0 radical (unpaired) electrons. The van der Waals surface area contributed by atoms with Crippen LogP contribution in [0.25, 0.3) is 0 Å². The molecule has 11 heteroatoms. The Labute approximate surface area is 208 Å². The number of hydrogen-bond acceptors (Lipinski definition) is 4. The van der Waals surface area contributed by atoms with Gasteiger partial charge in [-0.1, -0.05) is 29.3 Å². The van der Waals surface area contributed by atoms with Gasteiger partial charge in [-0.25, -0.2) is 4.79 Å². The zero-order chi connectivity index (χ0) is 24.4.